The van der Waals surface area contributed by atoms with Crippen LogP contribution in [0.4, 0.5) is 0 Å². The number of likely N-dealkylation sites (N-methyl/N-ethyl adjacent to an activating group) is 1. The maximum Gasteiger partial charge on any atom is 0.228 e. The molecule has 1 aromatic rings. The van der Waals surface area contributed by atoms with Gasteiger partial charge in [0, 0.05) is 33.1 Å². The summed E-state index contributed by atoms with van der Waals surface area (Å²) < 4.78 is 20.5. The molecular formula is C12H23N3O4. The Morgan fingerprint density at radius 3 is 2.74 bits per heavy atom. The van der Waals surface area contributed by atoms with Gasteiger partial charge in [-0.25, -0.2) is 0 Å². The number of hydrogen-bond donors (Lipinski definition) is 1. The Morgan fingerprint density at radius 1 is 1.21 bits per heavy atom. The van der Waals surface area contributed by atoms with Gasteiger partial charge in [-0.1, -0.05) is 5.16 Å². The third kappa shape index (κ3) is 6.63. The molecule has 1 atom stereocenters. The Kier molecular flexibility index (Phi) is 8.31. The van der Waals surface area contributed by atoms with E-state index in [-0.39, 0.29) is 6.04 Å². The summed E-state index contributed by atoms with van der Waals surface area (Å²) in [5, 5.41) is 7.05. The lowest BCUT2D eigenvalue weighted by Gasteiger charge is -2.11. The van der Waals surface area contributed by atoms with Gasteiger partial charge in [0.25, 0.3) is 0 Å². The van der Waals surface area contributed by atoms with Crippen LogP contribution in [-0.2, 0) is 27.1 Å². The van der Waals surface area contributed by atoms with E-state index >= 15 is 0 Å². The molecule has 0 aliphatic rings. The minimum atomic E-state index is 0.177. The summed E-state index contributed by atoms with van der Waals surface area (Å²) in [6, 6.07) is 0.177. The molecule has 0 aromatic carbocycles. The standard InChI is InChI=1S/C12H23N3O4/c1-13-10(9-17-3)8-12-14-11(15-19-12)4-5-18-7-6-16-2/h10,13H,4-9H2,1-3H3. The van der Waals surface area contributed by atoms with Gasteiger partial charge >= 0.3 is 0 Å². The van der Waals surface area contributed by atoms with Gasteiger partial charge in [0.15, 0.2) is 5.82 Å². The predicted molar refractivity (Wildman–Crippen MR) is 69.1 cm³/mol. The second-order valence-corrected chi connectivity index (χ2v) is 4.10. The fourth-order valence-corrected chi connectivity index (χ4v) is 1.54. The van der Waals surface area contributed by atoms with Gasteiger partial charge in [-0.15, -0.1) is 0 Å². The van der Waals surface area contributed by atoms with Crippen LogP contribution >= 0.6 is 0 Å². The molecule has 7 nitrogen and oxygen atoms in total. The molecule has 0 aliphatic heterocycles. The van der Waals surface area contributed by atoms with Crippen molar-refractivity contribution < 1.29 is 18.7 Å². The summed E-state index contributed by atoms with van der Waals surface area (Å²) in [7, 11) is 5.19. The van der Waals surface area contributed by atoms with Crippen LogP contribution in [-0.4, -0.2) is 63.9 Å². The molecule has 0 radical (unpaired) electrons. The van der Waals surface area contributed by atoms with E-state index in [0.29, 0.717) is 51.0 Å². The predicted octanol–water partition coefficient (Wildman–Crippen LogP) is 0.0520. The lowest BCUT2D eigenvalue weighted by atomic mass is 10.2. The molecular weight excluding hydrogens is 250 g/mol. The quantitative estimate of drug-likeness (QED) is 0.571. The lowest BCUT2D eigenvalue weighted by Crippen LogP contribution is -2.32. The van der Waals surface area contributed by atoms with Crippen molar-refractivity contribution in [1.82, 2.24) is 15.5 Å². The van der Waals surface area contributed by atoms with E-state index in [1.807, 2.05) is 7.05 Å². The van der Waals surface area contributed by atoms with E-state index in [1.54, 1.807) is 14.2 Å². The van der Waals surface area contributed by atoms with Crippen LogP contribution in [0, 0.1) is 0 Å². The second-order valence-electron chi connectivity index (χ2n) is 4.10. The molecule has 19 heavy (non-hydrogen) atoms. The van der Waals surface area contributed by atoms with Gasteiger partial charge in [-0.05, 0) is 7.05 Å². The second kappa shape index (κ2) is 9.85. The molecule has 110 valence electrons. The fraction of sp³-hybridized carbons (Fsp3) is 0.833. The topological polar surface area (TPSA) is 78.6 Å². The van der Waals surface area contributed by atoms with Crippen LogP contribution in [0.5, 0.6) is 0 Å². The van der Waals surface area contributed by atoms with E-state index in [2.05, 4.69) is 15.5 Å². The monoisotopic (exact) mass is 273 g/mol. The van der Waals surface area contributed by atoms with Gasteiger partial charge < -0.3 is 24.1 Å². The molecule has 0 bridgehead atoms. The average Bonchev–Trinajstić information content (AvgIpc) is 2.85. The molecule has 7 heteroatoms. The zero-order chi connectivity index (χ0) is 13.9. The summed E-state index contributed by atoms with van der Waals surface area (Å²) in [6.45, 7) is 2.35. The molecule has 0 amide bonds. The van der Waals surface area contributed by atoms with E-state index < -0.39 is 0 Å². The normalized spacial score (nSPS) is 12.8. The van der Waals surface area contributed by atoms with E-state index in [4.69, 9.17) is 18.7 Å². The van der Waals surface area contributed by atoms with E-state index in [0.717, 1.165) is 0 Å². The summed E-state index contributed by atoms with van der Waals surface area (Å²) in [5.41, 5.74) is 0. The fourth-order valence-electron chi connectivity index (χ4n) is 1.54. The molecule has 0 saturated carbocycles. The van der Waals surface area contributed by atoms with E-state index in [9.17, 15) is 0 Å². The molecule has 1 N–H and O–H groups in total. The van der Waals surface area contributed by atoms with Gasteiger partial charge in [0.1, 0.15) is 0 Å². The van der Waals surface area contributed by atoms with Gasteiger partial charge in [-0.2, -0.15) is 4.98 Å². The number of nitrogens with one attached hydrogen (secondary N) is 1. The summed E-state index contributed by atoms with van der Waals surface area (Å²) in [6.07, 6.45) is 1.30. The molecule has 1 unspecified atom stereocenters. The number of rotatable bonds is 11. The first-order valence-corrected chi connectivity index (χ1v) is 6.34. The maximum atomic E-state index is 5.35. The van der Waals surface area contributed by atoms with Gasteiger partial charge in [0.05, 0.1) is 26.4 Å². The van der Waals surface area contributed by atoms with Crippen LogP contribution in [0.2, 0.25) is 0 Å². The highest BCUT2D eigenvalue weighted by atomic mass is 16.5. The minimum absolute atomic E-state index is 0.177. The number of hydrogen-bond acceptors (Lipinski definition) is 7. The lowest BCUT2D eigenvalue weighted by molar-refractivity contribution is 0.0714. The molecule has 1 aromatic heterocycles. The van der Waals surface area contributed by atoms with Crippen molar-refractivity contribution in [2.45, 2.75) is 18.9 Å². The van der Waals surface area contributed by atoms with Crippen LogP contribution in [0.3, 0.4) is 0 Å². The van der Waals surface area contributed by atoms with Crippen molar-refractivity contribution in [3.8, 4) is 0 Å². The van der Waals surface area contributed by atoms with Crippen molar-refractivity contribution in [2.24, 2.45) is 0 Å². The summed E-state index contributed by atoms with van der Waals surface area (Å²) in [5.74, 6) is 1.28. The summed E-state index contributed by atoms with van der Waals surface area (Å²) >= 11 is 0. The summed E-state index contributed by atoms with van der Waals surface area (Å²) in [4.78, 5) is 4.31. The minimum Gasteiger partial charge on any atom is -0.383 e. The highest BCUT2D eigenvalue weighted by molar-refractivity contribution is 4.89. The first-order valence-electron chi connectivity index (χ1n) is 6.34. The first-order chi connectivity index (χ1) is 9.30. The Balaban J connectivity index is 2.27. The zero-order valence-corrected chi connectivity index (χ0v) is 11.8. The highest BCUT2D eigenvalue weighted by Crippen LogP contribution is 2.03. The van der Waals surface area contributed by atoms with Crippen molar-refractivity contribution in [3.05, 3.63) is 11.7 Å². The van der Waals surface area contributed by atoms with Crippen LogP contribution in [0.25, 0.3) is 0 Å². The third-order valence-corrected chi connectivity index (χ3v) is 2.61. The van der Waals surface area contributed by atoms with Gasteiger partial charge in [0.2, 0.25) is 5.89 Å². The van der Waals surface area contributed by atoms with Crippen molar-refractivity contribution in [1.29, 1.82) is 0 Å². The van der Waals surface area contributed by atoms with Crippen LogP contribution in [0.15, 0.2) is 4.52 Å². The van der Waals surface area contributed by atoms with E-state index in [1.165, 1.54) is 0 Å². The number of methoxy groups -OCH3 is 2. The number of ether oxygens (including phenoxy) is 3. The van der Waals surface area contributed by atoms with Crippen molar-refractivity contribution in [3.63, 3.8) is 0 Å². The maximum absolute atomic E-state index is 5.35. The first kappa shape index (κ1) is 16.0. The number of nitrogens with zero attached hydrogens (tertiary/aromatic N) is 2. The zero-order valence-electron chi connectivity index (χ0n) is 11.8. The Bertz CT molecular complexity index is 333. The third-order valence-electron chi connectivity index (χ3n) is 2.61. The molecule has 0 aliphatic carbocycles. The molecule has 0 saturated heterocycles. The Morgan fingerprint density at radius 2 is 2.05 bits per heavy atom. The largest absolute Gasteiger partial charge is 0.383 e. The average molecular weight is 273 g/mol. The SMILES string of the molecule is CNC(COC)Cc1nc(CCOCCOC)no1. The van der Waals surface area contributed by atoms with Crippen molar-refractivity contribution in [2.75, 3.05) is 47.7 Å². The van der Waals surface area contributed by atoms with Crippen LogP contribution in [0.1, 0.15) is 11.7 Å². The van der Waals surface area contributed by atoms with Gasteiger partial charge in [-0.3, -0.25) is 0 Å². The Hall–Kier alpha value is -1.02. The van der Waals surface area contributed by atoms with Crippen LogP contribution < -0.4 is 5.32 Å². The molecule has 1 rings (SSSR count). The molecule has 0 fully saturated rings. The molecule has 0 spiro atoms. The molecule has 1 heterocycles. The number of aromatic nitrogens is 2. The Labute approximate surface area is 113 Å². The van der Waals surface area contributed by atoms with Crippen molar-refractivity contribution >= 4 is 0 Å². The highest BCUT2D eigenvalue weighted by Gasteiger charge is 2.12. The smallest absolute Gasteiger partial charge is 0.228 e.